The van der Waals surface area contributed by atoms with Crippen LogP contribution in [0.15, 0.2) is 16.9 Å². The monoisotopic (exact) mass is 333 g/mol. The number of quaternary nitrogens is 2. The first-order chi connectivity index (χ1) is 11.5. The van der Waals surface area contributed by atoms with Crippen molar-refractivity contribution in [3.05, 3.63) is 33.6 Å². The lowest BCUT2D eigenvalue weighted by molar-refractivity contribution is -1.01. The standard InChI is InChI=1S/C18H25N3O3/c1-12-15(11-21-7-5-20(2)6-8-21)18(22)14-9-13(23-3)10-16(24-4)17(14)19-12/h9-10H,5-8,11H2,1-4H3,(H,19,22)/p+2. The van der Waals surface area contributed by atoms with E-state index in [0.717, 1.165) is 49.5 Å². The Balaban J connectivity index is 2.04. The van der Waals surface area contributed by atoms with E-state index in [2.05, 4.69) is 12.0 Å². The van der Waals surface area contributed by atoms with Crippen molar-refractivity contribution in [3.63, 3.8) is 0 Å². The van der Waals surface area contributed by atoms with E-state index >= 15 is 0 Å². The highest BCUT2D eigenvalue weighted by Crippen LogP contribution is 2.28. The molecule has 6 heteroatoms. The first-order valence-corrected chi connectivity index (χ1v) is 8.45. The Morgan fingerprint density at radius 2 is 1.83 bits per heavy atom. The summed E-state index contributed by atoms with van der Waals surface area (Å²) in [5, 5.41) is 0.631. The Bertz CT molecular complexity index is 792. The molecule has 3 rings (SSSR count). The minimum absolute atomic E-state index is 0.0808. The molecule has 0 unspecified atom stereocenters. The molecule has 1 aromatic carbocycles. The van der Waals surface area contributed by atoms with Gasteiger partial charge in [0.05, 0.1) is 37.7 Å². The van der Waals surface area contributed by atoms with Crippen LogP contribution in [0.1, 0.15) is 11.3 Å². The number of rotatable bonds is 4. The lowest BCUT2D eigenvalue weighted by Crippen LogP contribution is -3.26. The lowest BCUT2D eigenvalue weighted by atomic mass is 10.1. The van der Waals surface area contributed by atoms with E-state index in [4.69, 9.17) is 9.47 Å². The summed E-state index contributed by atoms with van der Waals surface area (Å²) >= 11 is 0. The fraction of sp³-hybridized carbons (Fsp3) is 0.500. The van der Waals surface area contributed by atoms with Gasteiger partial charge in [0.1, 0.15) is 44.2 Å². The maximum Gasteiger partial charge on any atom is 0.198 e. The second kappa shape index (κ2) is 6.83. The van der Waals surface area contributed by atoms with Crippen molar-refractivity contribution in [2.45, 2.75) is 13.5 Å². The van der Waals surface area contributed by atoms with Gasteiger partial charge in [0.25, 0.3) is 0 Å². The van der Waals surface area contributed by atoms with Gasteiger partial charge in [-0.05, 0) is 13.0 Å². The van der Waals surface area contributed by atoms with Crippen LogP contribution >= 0.6 is 0 Å². The number of benzene rings is 1. The van der Waals surface area contributed by atoms with Crippen LogP contribution in [0.4, 0.5) is 0 Å². The minimum Gasteiger partial charge on any atom is -0.497 e. The number of likely N-dealkylation sites (N-methyl/N-ethyl adjacent to an activating group) is 1. The van der Waals surface area contributed by atoms with E-state index in [1.54, 1.807) is 31.3 Å². The quantitative estimate of drug-likeness (QED) is 0.657. The van der Waals surface area contributed by atoms with E-state index in [1.165, 1.54) is 4.90 Å². The number of aromatic amines is 1. The number of methoxy groups -OCH3 is 2. The summed E-state index contributed by atoms with van der Waals surface area (Å²) in [6.07, 6.45) is 0. The molecule has 1 aliphatic heterocycles. The normalized spacial score (nSPS) is 21.0. The molecule has 0 bridgehead atoms. The summed E-state index contributed by atoms with van der Waals surface area (Å²) < 4.78 is 10.7. The summed E-state index contributed by atoms with van der Waals surface area (Å²) in [5.74, 6) is 1.27. The lowest BCUT2D eigenvalue weighted by Gasteiger charge is -2.27. The Morgan fingerprint density at radius 3 is 2.46 bits per heavy atom. The van der Waals surface area contributed by atoms with Gasteiger partial charge >= 0.3 is 0 Å². The highest BCUT2D eigenvalue weighted by atomic mass is 16.5. The number of ether oxygens (including phenoxy) is 2. The average molecular weight is 333 g/mol. The Morgan fingerprint density at radius 1 is 1.12 bits per heavy atom. The second-order valence-corrected chi connectivity index (χ2v) is 6.69. The molecule has 1 aromatic heterocycles. The molecule has 0 saturated carbocycles. The molecule has 0 amide bonds. The number of aromatic nitrogens is 1. The Hall–Kier alpha value is -2.05. The molecule has 0 aliphatic carbocycles. The highest BCUT2D eigenvalue weighted by Gasteiger charge is 2.23. The van der Waals surface area contributed by atoms with Crippen molar-refractivity contribution in [1.29, 1.82) is 0 Å². The fourth-order valence-electron chi connectivity index (χ4n) is 3.44. The third-order valence-corrected chi connectivity index (χ3v) is 5.05. The van der Waals surface area contributed by atoms with Crippen LogP contribution in [-0.4, -0.2) is 52.4 Å². The van der Waals surface area contributed by atoms with Gasteiger partial charge in [0, 0.05) is 11.8 Å². The topological polar surface area (TPSA) is 60.2 Å². The van der Waals surface area contributed by atoms with Crippen LogP contribution in [-0.2, 0) is 6.54 Å². The van der Waals surface area contributed by atoms with Gasteiger partial charge in [-0.2, -0.15) is 0 Å². The smallest absolute Gasteiger partial charge is 0.198 e. The molecule has 2 heterocycles. The number of hydrogen-bond donors (Lipinski definition) is 3. The second-order valence-electron chi connectivity index (χ2n) is 6.69. The van der Waals surface area contributed by atoms with Crippen LogP contribution in [0.5, 0.6) is 11.5 Å². The number of piperazine rings is 1. The van der Waals surface area contributed by atoms with Crippen molar-refractivity contribution in [1.82, 2.24) is 4.98 Å². The third-order valence-electron chi connectivity index (χ3n) is 5.05. The number of fused-ring (bicyclic) bond motifs is 1. The van der Waals surface area contributed by atoms with Crippen LogP contribution in [0, 0.1) is 6.92 Å². The molecular weight excluding hydrogens is 306 g/mol. The largest absolute Gasteiger partial charge is 0.497 e. The van der Waals surface area contributed by atoms with Crippen molar-refractivity contribution < 1.29 is 19.3 Å². The number of nitrogens with one attached hydrogen (secondary N) is 3. The number of hydrogen-bond acceptors (Lipinski definition) is 3. The number of aryl methyl sites for hydroxylation is 1. The average Bonchev–Trinajstić information content (AvgIpc) is 2.59. The molecular formula is C18H27N3O3+2. The molecule has 3 N–H and O–H groups in total. The predicted molar refractivity (Wildman–Crippen MR) is 93.4 cm³/mol. The highest BCUT2D eigenvalue weighted by molar-refractivity contribution is 5.86. The van der Waals surface area contributed by atoms with E-state index in [9.17, 15) is 4.79 Å². The van der Waals surface area contributed by atoms with E-state index in [0.29, 0.717) is 16.9 Å². The molecule has 6 nitrogen and oxygen atoms in total. The minimum atomic E-state index is 0.0808. The van der Waals surface area contributed by atoms with Gasteiger partial charge < -0.3 is 24.3 Å². The molecule has 130 valence electrons. The van der Waals surface area contributed by atoms with Crippen LogP contribution in [0.3, 0.4) is 0 Å². The van der Waals surface area contributed by atoms with Gasteiger partial charge in [-0.3, -0.25) is 4.79 Å². The summed E-state index contributed by atoms with van der Waals surface area (Å²) in [6.45, 7) is 7.25. The summed E-state index contributed by atoms with van der Waals surface area (Å²) in [7, 11) is 5.43. The van der Waals surface area contributed by atoms with Crippen molar-refractivity contribution in [2.75, 3.05) is 47.4 Å². The number of H-pyrrole nitrogens is 1. The van der Waals surface area contributed by atoms with Gasteiger partial charge in [-0.15, -0.1) is 0 Å². The summed E-state index contributed by atoms with van der Waals surface area (Å²) in [5.41, 5.74) is 2.61. The van der Waals surface area contributed by atoms with E-state index in [1.807, 2.05) is 6.92 Å². The van der Waals surface area contributed by atoms with Gasteiger partial charge in [-0.1, -0.05) is 0 Å². The third kappa shape index (κ3) is 3.12. The predicted octanol–water partition coefficient (Wildman–Crippen LogP) is -1.23. The Kier molecular flexibility index (Phi) is 4.78. The number of pyridine rings is 1. The molecule has 24 heavy (non-hydrogen) atoms. The van der Waals surface area contributed by atoms with Crippen LogP contribution in [0.2, 0.25) is 0 Å². The molecule has 1 fully saturated rings. The van der Waals surface area contributed by atoms with E-state index in [-0.39, 0.29) is 5.43 Å². The van der Waals surface area contributed by atoms with E-state index < -0.39 is 0 Å². The molecule has 2 aromatic rings. The first kappa shape index (κ1) is 16.8. The molecule has 0 atom stereocenters. The summed E-state index contributed by atoms with van der Waals surface area (Å²) in [4.78, 5) is 19.5. The maximum atomic E-state index is 13.1. The molecule has 1 saturated heterocycles. The molecule has 0 spiro atoms. The molecule has 0 radical (unpaired) electrons. The van der Waals surface area contributed by atoms with Crippen LogP contribution in [0.25, 0.3) is 10.9 Å². The van der Waals surface area contributed by atoms with Gasteiger partial charge in [-0.25, -0.2) is 0 Å². The molecule has 1 aliphatic rings. The zero-order valence-electron chi connectivity index (χ0n) is 14.9. The zero-order chi connectivity index (χ0) is 17.3. The first-order valence-electron chi connectivity index (χ1n) is 8.45. The maximum absolute atomic E-state index is 13.1. The van der Waals surface area contributed by atoms with Crippen molar-refractivity contribution >= 4 is 10.9 Å². The fourth-order valence-corrected chi connectivity index (χ4v) is 3.44. The van der Waals surface area contributed by atoms with Crippen LogP contribution < -0.4 is 24.7 Å². The van der Waals surface area contributed by atoms with Gasteiger partial charge in [0.2, 0.25) is 0 Å². The Labute approximate surface area is 142 Å². The van der Waals surface area contributed by atoms with Crippen molar-refractivity contribution in [3.8, 4) is 11.5 Å². The SMILES string of the molecule is COc1cc(OC)c2[nH]c(C)c(C[NH+]3CC[NH+](C)CC3)c(=O)c2c1. The van der Waals surface area contributed by atoms with Gasteiger partial charge in [0.15, 0.2) is 5.43 Å². The zero-order valence-corrected chi connectivity index (χ0v) is 14.9. The van der Waals surface area contributed by atoms with Crippen molar-refractivity contribution in [2.24, 2.45) is 0 Å². The summed E-state index contributed by atoms with van der Waals surface area (Å²) in [6, 6.07) is 3.59.